The Morgan fingerprint density at radius 3 is 2.88 bits per heavy atom. The number of urea groups is 1. The Labute approximate surface area is 102 Å². The van der Waals surface area contributed by atoms with Gasteiger partial charge in [0.2, 0.25) is 0 Å². The van der Waals surface area contributed by atoms with Crippen molar-refractivity contribution in [3.05, 3.63) is 30.3 Å². The van der Waals surface area contributed by atoms with Crippen molar-refractivity contribution in [2.75, 3.05) is 18.4 Å². The molecule has 1 heterocycles. The van der Waals surface area contributed by atoms with E-state index >= 15 is 0 Å². The summed E-state index contributed by atoms with van der Waals surface area (Å²) >= 11 is 0. The molecule has 1 atom stereocenters. The van der Waals surface area contributed by atoms with Gasteiger partial charge >= 0.3 is 6.03 Å². The summed E-state index contributed by atoms with van der Waals surface area (Å²) in [5, 5.41) is 9.07. The quantitative estimate of drug-likeness (QED) is 0.744. The predicted molar refractivity (Wildman–Crippen MR) is 69.1 cm³/mol. The smallest absolute Gasteiger partial charge is 0.319 e. The molecule has 1 aliphatic rings. The number of amides is 2. The van der Waals surface area contributed by atoms with Crippen molar-refractivity contribution in [2.45, 2.75) is 25.3 Å². The Bertz CT molecular complexity index is 347. The first kappa shape index (κ1) is 11.9. The van der Waals surface area contributed by atoms with Crippen molar-refractivity contribution in [2.24, 2.45) is 0 Å². The molecule has 1 aromatic carbocycles. The first-order chi connectivity index (χ1) is 8.34. The molecular formula is C13H19N3O. The summed E-state index contributed by atoms with van der Waals surface area (Å²) < 4.78 is 0. The SMILES string of the molecule is O=C(NCCC1CCCN1)Nc1ccccc1. The molecule has 1 aliphatic heterocycles. The normalized spacial score (nSPS) is 18.9. The molecule has 1 aromatic rings. The fourth-order valence-corrected chi connectivity index (χ4v) is 2.06. The zero-order chi connectivity index (χ0) is 11.9. The third-order valence-electron chi connectivity index (χ3n) is 2.97. The summed E-state index contributed by atoms with van der Waals surface area (Å²) in [6, 6.07) is 9.92. The number of benzene rings is 1. The highest BCUT2D eigenvalue weighted by Crippen LogP contribution is 2.08. The highest BCUT2D eigenvalue weighted by atomic mass is 16.2. The molecule has 4 nitrogen and oxygen atoms in total. The van der Waals surface area contributed by atoms with Crippen LogP contribution in [-0.2, 0) is 0 Å². The van der Waals surface area contributed by atoms with Crippen LogP contribution in [0.15, 0.2) is 30.3 Å². The number of anilines is 1. The number of nitrogens with one attached hydrogen (secondary N) is 3. The maximum absolute atomic E-state index is 11.5. The molecule has 0 aromatic heterocycles. The third-order valence-corrected chi connectivity index (χ3v) is 2.97. The monoisotopic (exact) mass is 233 g/mol. The van der Waals surface area contributed by atoms with Gasteiger partial charge < -0.3 is 16.0 Å². The maximum Gasteiger partial charge on any atom is 0.319 e. The van der Waals surface area contributed by atoms with E-state index in [1.807, 2.05) is 30.3 Å². The molecule has 0 aliphatic carbocycles. The van der Waals surface area contributed by atoms with Gasteiger partial charge in [0.05, 0.1) is 0 Å². The van der Waals surface area contributed by atoms with Crippen molar-refractivity contribution < 1.29 is 4.79 Å². The van der Waals surface area contributed by atoms with Crippen molar-refractivity contribution in [3.63, 3.8) is 0 Å². The Balaban J connectivity index is 1.64. The lowest BCUT2D eigenvalue weighted by Gasteiger charge is -2.11. The predicted octanol–water partition coefficient (Wildman–Crippen LogP) is 1.95. The Hall–Kier alpha value is -1.55. The second-order valence-electron chi connectivity index (χ2n) is 4.33. The molecule has 0 spiro atoms. The number of carbonyl (C=O) groups is 1. The number of para-hydroxylation sites is 1. The van der Waals surface area contributed by atoms with E-state index in [0.29, 0.717) is 6.04 Å². The molecule has 1 saturated heterocycles. The van der Waals surface area contributed by atoms with Crippen LogP contribution in [0.4, 0.5) is 10.5 Å². The fraction of sp³-hybridized carbons (Fsp3) is 0.462. The average Bonchev–Trinajstić information content (AvgIpc) is 2.83. The molecule has 3 N–H and O–H groups in total. The van der Waals surface area contributed by atoms with E-state index in [0.717, 1.165) is 25.2 Å². The second kappa shape index (κ2) is 6.25. The summed E-state index contributed by atoms with van der Waals surface area (Å²) in [7, 11) is 0. The van der Waals surface area contributed by atoms with E-state index in [4.69, 9.17) is 0 Å². The minimum atomic E-state index is -0.130. The highest BCUT2D eigenvalue weighted by Gasteiger charge is 2.13. The zero-order valence-electron chi connectivity index (χ0n) is 9.91. The summed E-state index contributed by atoms with van der Waals surface area (Å²) in [5.41, 5.74) is 0.823. The van der Waals surface area contributed by atoms with Crippen LogP contribution in [-0.4, -0.2) is 25.2 Å². The van der Waals surface area contributed by atoms with E-state index in [9.17, 15) is 4.79 Å². The van der Waals surface area contributed by atoms with Crippen LogP contribution < -0.4 is 16.0 Å². The van der Waals surface area contributed by atoms with Crippen LogP contribution in [0.25, 0.3) is 0 Å². The average molecular weight is 233 g/mol. The third kappa shape index (κ3) is 4.07. The summed E-state index contributed by atoms with van der Waals surface area (Å²) in [6.45, 7) is 1.83. The van der Waals surface area contributed by atoms with Gasteiger partial charge in [-0.15, -0.1) is 0 Å². The van der Waals surface area contributed by atoms with Crippen molar-refractivity contribution >= 4 is 11.7 Å². The molecule has 92 valence electrons. The largest absolute Gasteiger partial charge is 0.338 e. The molecule has 2 amide bonds. The molecule has 4 heteroatoms. The van der Waals surface area contributed by atoms with Crippen LogP contribution in [0, 0.1) is 0 Å². The summed E-state index contributed by atoms with van der Waals surface area (Å²) in [6.07, 6.45) is 3.48. The van der Waals surface area contributed by atoms with Gasteiger partial charge in [-0.25, -0.2) is 4.79 Å². The number of hydrogen-bond donors (Lipinski definition) is 3. The van der Waals surface area contributed by atoms with Crippen LogP contribution >= 0.6 is 0 Å². The molecule has 0 saturated carbocycles. The van der Waals surface area contributed by atoms with Gasteiger partial charge in [0.1, 0.15) is 0 Å². The standard InChI is InChI=1S/C13H19N3O/c17-13(16-12-5-2-1-3-6-12)15-10-8-11-7-4-9-14-11/h1-3,5-6,11,14H,4,7-10H2,(H2,15,16,17). The molecule has 2 rings (SSSR count). The number of carbonyl (C=O) groups excluding carboxylic acids is 1. The van der Waals surface area contributed by atoms with Crippen molar-refractivity contribution in [3.8, 4) is 0 Å². The van der Waals surface area contributed by atoms with Crippen molar-refractivity contribution in [1.82, 2.24) is 10.6 Å². The molecule has 1 unspecified atom stereocenters. The Kier molecular flexibility index (Phi) is 4.38. The summed E-state index contributed by atoms with van der Waals surface area (Å²) in [4.78, 5) is 11.5. The Morgan fingerprint density at radius 1 is 1.35 bits per heavy atom. The molecule has 0 radical (unpaired) electrons. The lowest BCUT2D eigenvalue weighted by Crippen LogP contribution is -2.33. The topological polar surface area (TPSA) is 53.2 Å². The fourth-order valence-electron chi connectivity index (χ4n) is 2.06. The lowest BCUT2D eigenvalue weighted by atomic mass is 10.1. The molecular weight excluding hydrogens is 214 g/mol. The zero-order valence-corrected chi connectivity index (χ0v) is 9.91. The van der Waals surface area contributed by atoms with Gasteiger partial charge in [0.25, 0.3) is 0 Å². The first-order valence-corrected chi connectivity index (χ1v) is 6.18. The van der Waals surface area contributed by atoms with E-state index in [1.54, 1.807) is 0 Å². The van der Waals surface area contributed by atoms with Crippen molar-refractivity contribution in [1.29, 1.82) is 0 Å². The minimum Gasteiger partial charge on any atom is -0.338 e. The number of hydrogen-bond acceptors (Lipinski definition) is 2. The summed E-state index contributed by atoms with van der Waals surface area (Å²) in [5.74, 6) is 0. The van der Waals surface area contributed by atoms with Gasteiger partial charge in [-0.2, -0.15) is 0 Å². The molecule has 1 fully saturated rings. The molecule has 17 heavy (non-hydrogen) atoms. The number of rotatable bonds is 4. The maximum atomic E-state index is 11.5. The molecule has 0 bridgehead atoms. The van der Waals surface area contributed by atoms with Gasteiger partial charge in [0, 0.05) is 18.3 Å². The Morgan fingerprint density at radius 2 is 2.18 bits per heavy atom. The van der Waals surface area contributed by atoms with Gasteiger partial charge in [-0.3, -0.25) is 0 Å². The van der Waals surface area contributed by atoms with Gasteiger partial charge in [0.15, 0.2) is 0 Å². The van der Waals surface area contributed by atoms with E-state index in [2.05, 4.69) is 16.0 Å². The van der Waals surface area contributed by atoms with Crippen LogP contribution in [0.3, 0.4) is 0 Å². The van der Waals surface area contributed by atoms with Gasteiger partial charge in [-0.1, -0.05) is 18.2 Å². The van der Waals surface area contributed by atoms with E-state index in [1.165, 1.54) is 12.8 Å². The lowest BCUT2D eigenvalue weighted by molar-refractivity contribution is 0.251. The van der Waals surface area contributed by atoms with E-state index < -0.39 is 0 Å². The first-order valence-electron chi connectivity index (χ1n) is 6.18. The van der Waals surface area contributed by atoms with Crippen LogP contribution in [0.5, 0.6) is 0 Å². The van der Waals surface area contributed by atoms with Gasteiger partial charge in [-0.05, 0) is 37.9 Å². The highest BCUT2D eigenvalue weighted by molar-refractivity contribution is 5.89. The van der Waals surface area contributed by atoms with Crippen LogP contribution in [0.1, 0.15) is 19.3 Å². The van der Waals surface area contributed by atoms with Crippen LogP contribution in [0.2, 0.25) is 0 Å². The minimum absolute atomic E-state index is 0.130. The van der Waals surface area contributed by atoms with E-state index in [-0.39, 0.29) is 6.03 Å². The second-order valence-corrected chi connectivity index (χ2v) is 4.33.